The van der Waals surface area contributed by atoms with Gasteiger partial charge < -0.3 is 15.4 Å². The van der Waals surface area contributed by atoms with E-state index >= 15 is 0 Å². The van der Waals surface area contributed by atoms with Crippen LogP contribution >= 0.6 is 0 Å². The third-order valence-corrected chi connectivity index (χ3v) is 5.88. The van der Waals surface area contributed by atoms with Crippen molar-refractivity contribution in [3.63, 3.8) is 0 Å². The number of amides is 5. The Balaban J connectivity index is 1.31. The molecule has 1 aromatic heterocycles. The third kappa shape index (κ3) is 3.95. The van der Waals surface area contributed by atoms with Crippen molar-refractivity contribution in [1.29, 1.82) is 0 Å². The average Bonchev–Trinajstić information content (AvgIpc) is 3.38. The predicted molar refractivity (Wildman–Crippen MR) is 113 cm³/mol. The fourth-order valence-corrected chi connectivity index (χ4v) is 4.26. The second kappa shape index (κ2) is 8.76. The Morgan fingerprint density at radius 2 is 2.06 bits per heavy atom. The van der Waals surface area contributed by atoms with E-state index in [1.165, 1.54) is 22.9 Å². The number of nitrogens with zero attached hydrogens (tertiary/aromatic N) is 4. The maximum atomic E-state index is 13.1. The summed E-state index contributed by atoms with van der Waals surface area (Å²) in [5, 5.41) is 16.1. The van der Waals surface area contributed by atoms with Crippen molar-refractivity contribution in [3.8, 4) is 0 Å². The van der Waals surface area contributed by atoms with E-state index in [1.54, 1.807) is 6.20 Å². The number of nitrogens with one attached hydrogen (secondary N) is 3. The number of morpholine rings is 1. The molecule has 2 unspecified atom stereocenters. The number of hydrogen-bond acceptors (Lipinski definition) is 9. The number of carbonyl (C=O) groups is 5. The molecule has 3 aliphatic rings. The molecule has 34 heavy (non-hydrogen) atoms. The highest BCUT2D eigenvalue weighted by Crippen LogP contribution is 2.32. The quantitative estimate of drug-likeness (QED) is 0.467. The molecular weight excluding hydrogens is 446 g/mol. The maximum absolute atomic E-state index is 13.1. The first-order valence-corrected chi connectivity index (χ1v) is 10.8. The molecule has 2 saturated heterocycles. The van der Waals surface area contributed by atoms with E-state index in [4.69, 9.17) is 4.74 Å². The first kappa shape index (κ1) is 21.9. The number of fused-ring (bicyclic) bond motifs is 1. The number of hydrogen-bond donors (Lipinski definition) is 3. The van der Waals surface area contributed by atoms with E-state index in [1.807, 2.05) is 0 Å². The molecule has 2 aromatic rings. The lowest BCUT2D eigenvalue weighted by Gasteiger charge is -2.27. The van der Waals surface area contributed by atoms with E-state index in [9.17, 15) is 24.0 Å². The number of piperidine rings is 1. The maximum Gasteiger partial charge on any atom is 0.264 e. The van der Waals surface area contributed by atoms with Gasteiger partial charge in [-0.3, -0.25) is 34.2 Å². The molecule has 2 atom stereocenters. The third-order valence-electron chi connectivity index (χ3n) is 5.88. The van der Waals surface area contributed by atoms with E-state index < -0.39 is 35.6 Å². The molecule has 5 rings (SSSR count). The number of aromatic nitrogens is 3. The van der Waals surface area contributed by atoms with Gasteiger partial charge in [0.2, 0.25) is 17.7 Å². The molecule has 2 fully saturated rings. The van der Waals surface area contributed by atoms with Crippen LogP contribution in [0, 0.1) is 0 Å². The molecule has 176 valence electrons. The monoisotopic (exact) mass is 467 g/mol. The summed E-state index contributed by atoms with van der Waals surface area (Å²) in [5.41, 5.74) is 0.888. The smallest absolute Gasteiger partial charge is 0.264 e. The van der Waals surface area contributed by atoms with Crippen LogP contribution in [0.3, 0.4) is 0 Å². The molecule has 13 heteroatoms. The Morgan fingerprint density at radius 1 is 1.21 bits per heavy atom. The zero-order valence-corrected chi connectivity index (χ0v) is 17.9. The van der Waals surface area contributed by atoms with Crippen molar-refractivity contribution in [2.75, 3.05) is 25.1 Å². The van der Waals surface area contributed by atoms with Crippen molar-refractivity contribution in [3.05, 3.63) is 41.2 Å². The summed E-state index contributed by atoms with van der Waals surface area (Å²) in [6.45, 7) is 1.61. The van der Waals surface area contributed by atoms with Gasteiger partial charge in [-0.25, -0.2) is 4.68 Å². The van der Waals surface area contributed by atoms with E-state index in [0.29, 0.717) is 25.5 Å². The molecule has 4 heterocycles. The summed E-state index contributed by atoms with van der Waals surface area (Å²) < 4.78 is 6.78. The predicted octanol–water partition coefficient (Wildman–Crippen LogP) is -1.02. The minimum Gasteiger partial charge on any atom is -0.378 e. The average molecular weight is 467 g/mol. The molecule has 3 N–H and O–H groups in total. The van der Waals surface area contributed by atoms with Gasteiger partial charge in [-0.15, -0.1) is 5.10 Å². The molecule has 0 bridgehead atoms. The fourth-order valence-electron chi connectivity index (χ4n) is 4.26. The van der Waals surface area contributed by atoms with Gasteiger partial charge in [-0.2, -0.15) is 0 Å². The van der Waals surface area contributed by atoms with Gasteiger partial charge in [-0.05, 0) is 18.6 Å². The van der Waals surface area contributed by atoms with Crippen LogP contribution in [0.15, 0.2) is 24.4 Å². The van der Waals surface area contributed by atoms with Crippen molar-refractivity contribution in [2.24, 2.45) is 0 Å². The van der Waals surface area contributed by atoms with Gasteiger partial charge in [0.05, 0.1) is 42.3 Å². The number of rotatable bonds is 5. The summed E-state index contributed by atoms with van der Waals surface area (Å²) in [4.78, 5) is 63.2. The minimum atomic E-state index is -1.08. The number of imide groups is 2. The molecule has 1 aromatic carbocycles. The van der Waals surface area contributed by atoms with Crippen LogP contribution in [-0.2, 0) is 25.7 Å². The molecule has 0 spiro atoms. The number of ether oxygens (including phenoxy) is 1. The second-order valence-corrected chi connectivity index (χ2v) is 8.15. The summed E-state index contributed by atoms with van der Waals surface area (Å²) in [6, 6.07) is 3.31. The Kier molecular flexibility index (Phi) is 5.63. The largest absolute Gasteiger partial charge is 0.378 e. The fraction of sp³-hybridized carbons (Fsp3) is 0.381. The van der Waals surface area contributed by atoms with Crippen LogP contribution in [-0.4, -0.2) is 75.2 Å². The zero-order chi connectivity index (χ0) is 23.8. The summed E-state index contributed by atoms with van der Waals surface area (Å²) in [6.07, 6.45) is 1.71. The summed E-state index contributed by atoms with van der Waals surface area (Å²) in [7, 11) is 0. The first-order chi connectivity index (χ1) is 16.4. The lowest BCUT2D eigenvalue weighted by atomic mass is 10.0. The van der Waals surface area contributed by atoms with Crippen LogP contribution < -0.4 is 16.0 Å². The van der Waals surface area contributed by atoms with Gasteiger partial charge in [0.15, 0.2) is 0 Å². The molecule has 3 aliphatic heterocycles. The normalized spacial score (nSPS) is 22.5. The van der Waals surface area contributed by atoms with Gasteiger partial charge in [-0.1, -0.05) is 11.3 Å². The van der Waals surface area contributed by atoms with Crippen molar-refractivity contribution in [1.82, 2.24) is 30.5 Å². The molecule has 0 saturated carbocycles. The topological polar surface area (TPSA) is 165 Å². The van der Waals surface area contributed by atoms with Crippen molar-refractivity contribution in [2.45, 2.75) is 31.5 Å². The Labute approximate surface area is 192 Å². The molecular formula is C21H21N7O6. The van der Waals surface area contributed by atoms with Crippen LogP contribution in [0.2, 0.25) is 0 Å². The van der Waals surface area contributed by atoms with Gasteiger partial charge in [0.1, 0.15) is 18.3 Å². The summed E-state index contributed by atoms with van der Waals surface area (Å²) in [5.74, 6) is -2.96. The van der Waals surface area contributed by atoms with Crippen LogP contribution in [0.25, 0.3) is 0 Å². The molecule has 5 amide bonds. The highest BCUT2D eigenvalue weighted by Gasteiger charge is 2.45. The lowest BCUT2D eigenvalue weighted by Crippen LogP contribution is -2.54. The lowest BCUT2D eigenvalue weighted by molar-refractivity contribution is -0.136. The molecule has 0 radical (unpaired) electrons. The van der Waals surface area contributed by atoms with Crippen LogP contribution in [0.4, 0.5) is 5.69 Å². The second-order valence-electron chi connectivity index (χ2n) is 8.15. The molecule has 13 nitrogen and oxygen atoms in total. The number of carbonyl (C=O) groups excluding carboxylic acids is 5. The zero-order valence-electron chi connectivity index (χ0n) is 17.9. The SMILES string of the molecule is O=C1CCC(N2C(=O)c3cccc(NC(=O)Cn4cc(C5COCCN5)nn4)c3C2=O)C(=O)N1. The van der Waals surface area contributed by atoms with E-state index in [-0.39, 0.29) is 42.2 Å². The standard InChI is InChI=1S/C21H21N7O6/c29-16-5-4-15(19(31)24-16)28-20(32)11-2-1-3-12(18(11)21(28)33)23-17(30)9-27-8-13(25-26-27)14-10-34-7-6-22-14/h1-3,8,14-15,22H,4-7,9-10H2,(H,23,30)(H,24,29,31). The first-order valence-electron chi connectivity index (χ1n) is 10.8. The van der Waals surface area contributed by atoms with Gasteiger partial charge >= 0.3 is 0 Å². The Morgan fingerprint density at radius 3 is 2.82 bits per heavy atom. The highest BCUT2D eigenvalue weighted by molar-refractivity contribution is 6.26. The van der Waals surface area contributed by atoms with E-state index in [0.717, 1.165) is 4.90 Å². The van der Waals surface area contributed by atoms with Gasteiger partial charge in [0, 0.05) is 13.0 Å². The highest BCUT2D eigenvalue weighted by atomic mass is 16.5. The van der Waals surface area contributed by atoms with Crippen molar-refractivity contribution >= 4 is 35.2 Å². The summed E-state index contributed by atoms with van der Waals surface area (Å²) >= 11 is 0. The van der Waals surface area contributed by atoms with Crippen molar-refractivity contribution < 1.29 is 28.7 Å². The van der Waals surface area contributed by atoms with Crippen LogP contribution in [0.5, 0.6) is 0 Å². The van der Waals surface area contributed by atoms with E-state index in [2.05, 4.69) is 26.3 Å². The Bertz CT molecular complexity index is 1200. The minimum absolute atomic E-state index is 0.00776. The number of benzene rings is 1. The number of anilines is 1. The van der Waals surface area contributed by atoms with Gasteiger partial charge in [0.25, 0.3) is 11.8 Å². The molecule has 0 aliphatic carbocycles. The van der Waals surface area contributed by atoms with Crippen LogP contribution in [0.1, 0.15) is 45.3 Å². The Hall–Kier alpha value is -3.97.